The first-order valence-corrected chi connectivity index (χ1v) is 25.7. The normalized spacial score (nSPS) is 19.3. The van der Waals surface area contributed by atoms with Crippen LogP contribution in [0.3, 0.4) is 0 Å². The second kappa shape index (κ2) is 15.0. The highest BCUT2D eigenvalue weighted by molar-refractivity contribution is 7.00. The fraction of sp³-hybridized carbons (Fsp3) is 0.262. The lowest BCUT2D eigenvalue weighted by molar-refractivity contribution is 0.195. The van der Waals surface area contributed by atoms with Crippen LogP contribution in [-0.2, 0) is 16.2 Å². The molecule has 9 aromatic rings. The Morgan fingerprint density at radius 2 is 1.13 bits per heavy atom. The maximum atomic E-state index is 6.42. The van der Waals surface area contributed by atoms with Crippen molar-refractivity contribution in [3.05, 3.63) is 186 Å². The van der Waals surface area contributed by atoms with Crippen molar-refractivity contribution < 1.29 is 4.42 Å². The van der Waals surface area contributed by atoms with Crippen molar-refractivity contribution >= 4 is 90.5 Å². The van der Waals surface area contributed by atoms with E-state index in [1.54, 1.807) is 0 Å². The van der Waals surface area contributed by atoms with E-state index < -0.39 is 0 Å². The third kappa shape index (κ3) is 6.22. The first-order valence-electron chi connectivity index (χ1n) is 25.7. The highest BCUT2D eigenvalue weighted by Crippen LogP contribution is 2.62. The van der Waals surface area contributed by atoms with Gasteiger partial charge in [-0.25, -0.2) is 0 Å². The van der Waals surface area contributed by atoms with E-state index in [9.17, 15) is 0 Å². The largest absolute Gasteiger partial charge is 0.456 e. The Balaban J connectivity index is 1.07. The average molecular weight is 912 g/mol. The number of furan rings is 1. The van der Waals surface area contributed by atoms with E-state index >= 15 is 0 Å². The SMILES string of the molecule is Cc1cc2c3c(c1)N(c1ccc4oc5ccccc5c4c1)c1cc(C(C)(C)C)ccc1B3c1ccc(N3c4ccc(-c5ccccc5)cc4C4(C)CCCCC34C)cc1N2c1cccc(C(C)(C)C)c1. The van der Waals surface area contributed by atoms with Gasteiger partial charge < -0.3 is 19.1 Å². The van der Waals surface area contributed by atoms with E-state index in [-0.39, 0.29) is 28.5 Å². The van der Waals surface area contributed by atoms with Gasteiger partial charge in [0, 0.05) is 61.7 Å². The number of nitrogens with zero attached hydrogens (tertiary/aromatic N) is 3. The van der Waals surface area contributed by atoms with Crippen LogP contribution in [0.4, 0.5) is 45.5 Å². The summed E-state index contributed by atoms with van der Waals surface area (Å²) in [5.74, 6) is 0. The number of rotatable bonds is 4. The Bertz CT molecular complexity index is 3610. The smallest absolute Gasteiger partial charge is 0.252 e. The third-order valence-electron chi connectivity index (χ3n) is 17.1. The zero-order chi connectivity index (χ0) is 48.1. The average Bonchev–Trinajstić information content (AvgIpc) is 3.82. The van der Waals surface area contributed by atoms with Gasteiger partial charge in [0.05, 0.1) is 5.54 Å². The molecule has 1 saturated carbocycles. The van der Waals surface area contributed by atoms with Gasteiger partial charge in [0.1, 0.15) is 11.2 Å². The summed E-state index contributed by atoms with van der Waals surface area (Å²) in [6.45, 7) is 21.4. The van der Waals surface area contributed by atoms with E-state index in [1.165, 1.54) is 109 Å². The van der Waals surface area contributed by atoms with Crippen molar-refractivity contribution in [3.8, 4) is 11.1 Å². The molecule has 70 heavy (non-hydrogen) atoms. The van der Waals surface area contributed by atoms with Gasteiger partial charge >= 0.3 is 0 Å². The molecule has 0 saturated heterocycles. The van der Waals surface area contributed by atoms with Gasteiger partial charge in [0.25, 0.3) is 6.71 Å². The molecule has 2 unspecified atom stereocenters. The van der Waals surface area contributed by atoms with Crippen LogP contribution in [0, 0.1) is 6.92 Å². The molecule has 4 aliphatic rings. The molecule has 3 aliphatic heterocycles. The summed E-state index contributed by atoms with van der Waals surface area (Å²) in [5, 5.41) is 2.27. The molecule has 5 heteroatoms. The number of para-hydroxylation sites is 1. The summed E-state index contributed by atoms with van der Waals surface area (Å²) in [4.78, 5) is 7.94. The van der Waals surface area contributed by atoms with Crippen LogP contribution >= 0.6 is 0 Å². The molecule has 1 aromatic heterocycles. The zero-order valence-corrected chi connectivity index (χ0v) is 42.2. The predicted octanol–water partition coefficient (Wildman–Crippen LogP) is 16.0. The molecule has 13 rings (SSSR count). The Labute approximate surface area is 414 Å². The van der Waals surface area contributed by atoms with Crippen LogP contribution in [0.5, 0.6) is 0 Å². The molecule has 1 aliphatic carbocycles. The van der Waals surface area contributed by atoms with Crippen molar-refractivity contribution in [3.63, 3.8) is 0 Å². The summed E-state index contributed by atoms with van der Waals surface area (Å²) >= 11 is 0. The zero-order valence-electron chi connectivity index (χ0n) is 42.2. The highest BCUT2D eigenvalue weighted by Gasteiger charge is 2.58. The second-order valence-electron chi connectivity index (χ2n) is 23.4. The number of anilines is 8. The van der Waals surface area contributed by atoms with Crippen LogP contribution in [0.25, 0.3) is 33.1 Å². The highest BCUT2D eigenvalue weighted by atomic mass is 16.3. The summed E-state index contributed by atoms with van der Waals surface area (Å²) in [5.41, 5.74) is 23.4. The van der Waals surface area contributed by atoms with Gasteiger partial charge in [-0.2, -0.15) is 0 Å². The van der Waals surface area contributed by atoms with Crippen LogP contribution < -0.4 is 31.1 Å². The lowest BCUT2D eigenvalue weighted by Crippen LogP contribution is -2.61. The van der Waals surface area contributed by atoms with Crippen molar-refractivity contribution in [1.82, 2.24) is 0 Å². The fourth-order valence-corrected chi connectivity index (χ4v) is 13.2. The van der Waals surface area contributed by atoms with E-state index in [0.717, 1.165) is 34.0 Å². The molecular weight excluding hydrogens is 850 g/mol. The van der Waals surface area contributed by atoms with Crippen molar-refractivity contribution in [2.45, 2.75) is 110 Å². The number of aryl methyl sites for hydroxylation is 1. The third-order valence-corrected chi connectivity index (χ3v) is 17.1. The molecule has 2 atom stereocenters. The molecule has 4 heterocycles. The maximum Gasteiger partial charge on any atom is 0.252 e. The first kappa shape index (κ1) is 43.1. The van der Waals surface area contributed by atoms with Crippen LogP contribution in [0.15, 0.2) is 168 Å². The van der Waals surface area contributed by atoms with Crippen LogP contribution in [-0.4, -0.2) is 12.3 Å². The lowest BCUT2D eigenvalue weighted by Gasteiger charge is -2.50. The number of hydrogen-bond donors (Lipinski definition) is 0. The monoisotopic (exact) mass is 911 g/mol. The fourth-order valence-electron chi connectivity index (χ4n) is 13.2. The minimum atomic E-state index is -0.104. The number of hydrogen-bond acceptors (Lipinski definition) is 4. The minimum Gasteiger partial charge on any atom is -0.456 e. The van der Waals surface area contributed by atoms with E-state index in [4.69, 9.17) is 4.42 Å². The van der Waals surface area contributed by atoms with Gasteiger partial charge in [0.15, 0.2) is 0 Å². The Kier molecular flexibility index (Phi) is 9.24. The Hall–Kier alpha value is -6.98. The lowest BCUT2D eigenvalue weighted by atomic mass is 9.33. The van der Waals surface area contributed by atoms with Crippen molar-refractivity contribution in [2.24, 2.45) is 0 Å². The van der Waals surface area contributed by atoms with Crippen LogP contribution in [0.1, 0.15) is 103 Å². The summed E-state index contributed by atoms with van der Waals surface area (Å²) in [6.07, 6.45) is 4.79. The second-order valence-corrected chi connectivity index (χ2v) is 23.4. The maximum absolute atomic E-state index is 6.42. The molecule has 4 nitrogen and oxygen atoms in total. The number of benzene rings is 8. The quantitative estimate of drug-likeness (QED) is 0.164. The number of fused-ring (bicyclic) bond motifs is 10. The van der Waals surface area contributed by atoms with E-state index in [1.807, 2.05) is 0 Å². The van der Waals surface area contributed by atoms with Gasteiger partial charge in [-0.3, -0.25) is 0 Å². The molecule has 0 radical (unpaired) electrons. The standard InChI is InChI=1S/C65H62BN3O/c1-41-34-57-61-58(35-41)68(47-27-31-60-50(39-47)49-22-13-14-23-59(49)70-60)55-38-45(63(5,6)7)25-28-52(55)66(61)53-29-26-48(40-56(53)67(57)46-21-17-20-44(37-46)62(2,3)4)69-54-30-24-43(42-18-11-10-12-19-42)36-51(54)64(8)32-15-16-33-65(64,69)9/h10-14,17-31,34-40H,15-16,32-33H2,1-9H3. The molecule has 8 aromatic carbocycles. The molecule has 346 valence electrons. The minimum absolute atomic E-state index is 0.00489. The summed E-state index contributed by atoms with van der Waals surface area (Å²) in [6, 6.07) is 62.6. The van der Waals surface area contributed by atoms with E-state index in [2.05, 4.69) is 241 Å². The van der Waals surface area contributed by atoms with Crippen molar-refractivity contribution in [2.75, 3.05) is 14.7 Å². The van der Waals surface area contributed by atoms with Gasteiger partial charge in [-0.1, -0.05) is 146 Å². The molecule has 0 spiro atoms. The Morgan fingerprint density at radius 3 is 1.89 bits per heavy atom. The van der Waals surface area contributed by atoms with Gasteiger partial charge in [-0.15, -0.1) is 0 Å². The summed E-state index contributed by atoms with van der Waals surface area (Å²) in [7, 11) is 0. The topological polar surface area (TPSA) is 22.9 Å². The predicted molar refractivity (Wildman–Crippen MR) is 298 cm³/mol. The first-order chi connectivity index (χ1) is 33.6. The molecule has 0 N–H and O–H groups in total. The van der Waals surface area contributed by atoms with Crippen molar-refractivity contribution in [1.29, 1.82) is 0 Å². The Morgan fingerprint density at radius 1 is 0.486 bits per heavy atom. The van der Waals surface area contributed by atoms with Gasteiger partial charge in [-0.05, 0) is 166 Å². The molecule has 0 bridgehead atoms. The van der Waals surface area contributed by atoms with Crippen LogP contribution in [0.2, 0.25) is 0 Å². The molecule has 0 amide bonds. The molecule has 1 fully saturated rings. The van der Waals surface area contributed by atoms with Gasteiger partial charge in [0.2, 0.25) is 0 Å². The molecular formula is C65H62BN3O. The summed E-state index contributed by atoms with van der Waals surface area (Å²) < 4.78 is 6.42. The van der Waals surface area contributed by atoms with E-state index in [0.29, 0.717) is 0 Å².